The number of hydrogen-bond acceptors (Lipinski definition) is 4. The second-order valence-corrected chi connectivity index (χ2v) is 7.00. The first-order valence-corrected chi connectivity index (χ1v) is 9.41. The molecule has 4 aromatic rings. The lowest BCUT2D eigenvalue weighted by molar-refractivity contribution is -0.119. The number of hydrogen-bond donors (Lipinski definition) is 1. The van der Waals surface area contributed by atoms with Crippen molar-refractivity contribution in [3.8, 4) is 0 Å². The Bertz CT molecular complexity index is 1060. The average Bonchev–Trinajstić information content (AvgIpc) is 3.10. The zero-order valence-corrected chi connectivity index (χ0v) is 15.1. The van der Waals surface area contributed by atoms with Crippen LogP contribution < -0.4 is 5.32 Å². The van der Waals surface area contributed by atoms with Gasteiger partial charge in [0.25, 0.3) is 0 Å². The predicted molar refractivity (Wildman–Crippen MR) is 104 cm³/mol. The maximum absolute atomic E-state index is 12.3. The van der Waals surface area contributed by atoms with Crippen LogP contribution >= 0.6 is 11.8 Å². The van der Waals surface area contributed by atoms with E-state index in [1.54, 1.807) is 0 Å². The topological polar surface area (TPSA) is 59.3 Å². The summed E-state index contributed by atoms with van der Waals surface area (Å²) in [5.41, 5.74) is 2.91. The van der Waals surface area contributed by atoms with E-state index in [2.05, 4.69) is 21.6 Å². The summed E-state index contributed by atoms with van der Waals surface area (Å²) in [6.07, 6.45) is 0. The van der Waals surface area contributed by atoms with Gasteiger partial charge in [0, 0.05) is 0 Å². The van der Waals surface area contributed by atoms with Gasteiger partial charge in [-0.3, -0.25) is 9.20 Å². The number of para-hydroxylation sites is 1. The number of benzene rings is 2. The Kier molecular flexibility index (Phi) is 4.58. The number of nitrogens with zero attached hydrogens (tertiary/aromatic N) is 3. The van der Waals surface area contributed by atoms with Crippen LogP contribution in [-0.4, -0.2) is 26.3 Å². The van der Waals surface area contributed by atoms with E-state index in [0.29, 0.717) is 5.75 Å². The molecule has 26 heavy (non-hydrogen) atoms. The molecule has 0 aliphatic heterocycles. The highest BCUT2D eigenvalue weighted by Crippen LogP contribution is 2.23. The molecule has 1 N–H and O–H groups in total. The van der Waals surface area contributed by atoms with Gasteiger partial charge < -0.3 is 5.32 Å². The molecule has 0 unspecified atom stereocenters. The van der Waals surface area contributed by atoms with Gasteiger partial charge in [-0.05, 0) is 36.1 Å². The molecule has 0 spiro atoms. The van der Waals surface area contributed by atoms with Crippen molar-refractivity contribution in [3.05, 3.63) is 72.3 Å². The van der Waals surface area contributed by atoms with Crippen LogP contribution in [-0.2, 0) is 4.79 Å². The summed E-state index contributed by atoms with van der Waals surface area (Å²) < 4.78 is 1.99. The zero-order valence-electron chi connectivity index (χ0n) is 14.3. The fourth-order valence-electron chi connectivity index (χ4n) is 2.94. The molecule has 0 saturated heterocycles. The second-order valence-electron chi connectivity index (χ2n) is 6.06. The molecule has 0 fully saturated rings. The van der Waals surface area contributed by atoms with Crippen LogP contribution in [0.5, 0.6) is 0 Å². The molecular formula is C20H18N4OS. The van der Waals surface area contributed by atoms with E-state index in [9.17, 15) is 4.79 Å². The number of carbonyl (C=O) groups is 1. The molecule has 2 aromatic heterocycles. The lowest BCUT2D eigenvalue weighted by Gasteiger charge is -2.13. The Balaban J connectivity index is 1.49. The predicted octanol–water partition coefficient (Wildman–Crippen LogP) is 3.85. The largest absolute Gasteiger partial charge is 0.349 e. The first-order valence-electron chi connectivity index (χ1n) is 8.42. The molecule has 0 bridgehead atoms. The zero-order chi connectivity index (χ0) is 17.9. The highest BCUT2D eigenvalue weighted by molar-refractivity contribution is 7.99. The average molecular weight is 362 g/mol. The third-order valence-electron chi connectivity index (χ3n) is 4.26. The van der Waals surface area contributed by atoms with E-state index in [4.69, 9.17) is 0 Å². The third kappa shape index (κ3) is 3.28. The van der Waals surface area contributed by atoms with E-state index in [1.165, 1.54) is 11.8 Å². The Morgan fingerprint density at radius 1 is 1.04 bits per heavy atom. The van der Waals surface area contributed by atoms with Crippen molar-refractivity contribution < 1.29 is 4.79 Å². The van der Waals surface area contributed by atoms with Gasteiger partial charge in [0.15, 0.2) is 10.8 Å². The Labute approximate surface area is 155 Å². The van der Waals surface area contributed by atoms with Gasteiger partial charge in [0.2, 0.25) is 5.91 Å². The van der Waals surface area contributed by atoms with Crippen LogP contribution in [0.2, 0.25) is 0 Å². The number of thioether (sulfide) groups is 1. The first-order chi connectivity index (χ1) is 12.7. The number of amides is 1. The van der Waals surface area contributed by atoms with E-state index in [-0.39, 0.29) is 11.9 Å². The van der Waals surface area contributed by atoms with Crippen molar-refractivity contribution in [2.75, 3.05) is 5.75 Å². The van der Waals surface area contributed by atoms with Crippen LogP contribution in [0.3, 0.4) is 0 Å². The molecule has 0 radical (unpaired) electrons. The van der Waals surface area contributed by atoms with E-state index in [1.807, 2.05) is 72.0 Å². The number of carbonyl (C=O) groups excluding carboxylic acids is 1. The molecule has 0 saturated carbocycles. The minimum Gasteiger partial charge on any atom is -0.349 e. The Hall–Kier alpha value is -2.86. The van der Waals surface area contributed by atoms with Crippen molar-refractivity contribution in [3.63, 3.8) is 0 Å². The smallest absolute Gasteiger partial charge is 0.230 e. The normalized spacial score (nSPS) is 12.3. The van der Waals surface area contributed by atoms with Gasteiger partial charge in [-0.1, -0.05) is 60.3 Å². The highest BCUT2D eigenvalue weighted by Gasteiger charge is 2.13. The Morgan fingerprint density at radius 3 is 2.65 bits per heavy atom. The molecule has 1 amide bonds. The minimum absolute atomic E-state index is 0.0247. The number of pyridine rings is 1. The van der Waals surface area contributed by atoms with Crippen molar-refractivity contribution in [1.29, 1.82) is 0 Å². The van der Waals surface area contributed by atoms with Crippen LogP contribution in [0.15, 0.2) is 71.9 Å². The lowest BCUT2D eigenvalue weighted by Crippen LogP contribution is -2.28. The molecule has 5 nitrogen and oxygen atoms in total. The molecule has 4 rings (SSSR count). The molecule has 2 aromatic carbocycles. The summed E-state index contributed by atoms with van der Waals surface area (Å²) in [7, 11) is 0. The fraction of sp³-hybridized carbons (Fsp3) is 0.150. The van der Waals surface area contributed by atoms with Crippen LogP contribution in [0.1, 0.15) is 18.5 Å². The van der Waals surface area contributed by atoms with Crippen molar-refractivity contribution in [2.45, 2.75) is 18.1 Å². The highest BCUT2D eigenvalue weighted by atomic mass is 32.2. The minimum atomic E-state index is -0.0275. The molecular weight excluding hydrogens is 344 g/mol. The van der Waals surface area contributed by atoms with Crippen molar-refractivity contribution >= 4 is 34.2 Å². The van der Waals surface area contributed by atoms with Gasteiger partial charge in [0.05, 0.1) is 17.3 Å². The fourth-order valence-corrected chi connectivity index (χ4v) is 3.71. The van der Waals surface area contributed by atoms with Gasteiger partial charge in [-0.2, -0.15) is 0 Å². The molecule has 2 heterocycles. The molecule has 0 aliphatic rings. The van der Waals surface area contributed by atoms with E-state index < -0.39 is 0 Å². The number of nitrogens with one attached hydrogen (secondary N) is 1. The standard InChI is InChI=1S/C20H18N4OS/c1-14(15-7-3-2-4-8-15)21-19(25)13-26-20-23-22-18-12-11-16-9-5-6-10-17(16)24(18)20/h2-12,14H,13H2,1H3,(H,21,25)/t14-/m0/s1. The summed E-state index contributed by atoms with van der Waals surface area (Å²) in [4.78, 5) is 12.3. The van der Waals surface area contributed by atoms with Crippen molar-refractivity contribution in [2.24, 2.45) is 0 Å². The van der Waals surface area contributed by atoms with E-state index in [0.717, 1.165) is 27.3 Å². The van der Waals surface area contributed by atoms with Gasteiger partial charge >= 0.3 is 0 Å². The number of fused-ring (bicyclic) bond motifs is 3. The lowest BCUT2D eigenvalue weighted by atomic mass is 10.1. The molecule has 1 atom stereocenters. The van der Waals surface area contributed by atoms with Gasteiger partial charge in [-0.25, -0.2) is 0 Å². The van der Waals surface area contributed by atoms with E-state index >= 15 is 0 Å². The van der Waals surface area contributed by atoms with Gasteiger partial charge in [-0.15, -0.1) is 10.2 Å². The number of aromatic nitrogens is 3. The number of rotatable bonds is 5. The summed E-state index contributed by atoms with van der Waals surface area (Å²) in [5.74, 6) is 0.268. The summed E-state index contributed by atoms with van der Waals surface area (Å²) in [5, 5.41) is 13.3. The maximum Gasteiger partial charge on any atom is 0.230 e. The molecule has 6 heteroatoms. The summed E-state index contributed by atoms with van der Waals surface area (Å²) >= 11 is 1.39. The first kappa shape index (κ1) is 16.6. The van der Waals surface area contributed by atoms with Crippen LogP contribution in [0.4, 0.5) is 0 Å². The summed E-state index contributed by atoms with van der Waals surface area (Å²) in [6.45, 7) is 1.98. The molecule has 130 valence electrons. The molecule has 0 aliphatic carbocycles. The van der Waals surface area contributed by atoms with Crippen molar-refractivity contribution in [1.82, 2.24) is 19.9 Å². The maximum atomic E-state index is 12.3. The van der Waals surface area contributed by atoms with Gasteiger partial charge in [0.1, 0.15) is 0 Å². The van der Waals surface area contributed by atoms with Crippen LogP contribution in [0, 0.1) is 0 Å². The van der Waals surface area contributed by atoms with Crippen LogP contribution in [0.25, 0.3) is 16.6 Å². The summed E-state index contributed by atoms with van der Waals surface area (Å²) in [6, 6.07) is 22.0. The SMILES string of the molecule is C[C@H](NC(=O)CSc1nnc2ccc3ccccc3n12)c1ccccc1. The third-order valence-corrected chi connectivity index (χ3v) is 5.19. The monoisotopic (exact) mass is 362 g/mol. The Morgan fingerprint density at radius 2 is 1.81 bits per heavy atom. The second kappa shape index (κ2) is 7.17. The quantitative estimate of drug-likeness (QED) is 0.548.